The van der Waals surface area contributed by atoms with Crippen LogP contribution in [0.5, 0.6) is 0 Å². The molecular formula is C13H23N. The molecular weight excluding hydrogens is 170 g/mol. The Balaban J connectivity index is 1.85. The average molecular weight is 193 g/mol. The molecule has 1 aliphatic carbocycles. The monoisotopic (exact) mass is 193 g/mol. The molecule has 1 rings (SSSR count). The minimum absolute atomic E-state index is 0.816. The van der Waals surface area contributed by atoms with Gasteiger partial charge < -0.3 is 5.32 Å². The standard InChI is InChI=1S/C13H23N/c1-2-3-4-5-9-12-14-13-10-7-6-8-11-13/h1,13-14H,3-12H2. The first-order chi connectivity index (χ1) is 6.93. The maximum atomic E-state index is 5.19. The first-order valence-electron chi connectivity index (χ1n) is 6.10. The van der Waals surface area contributed by atoms with Crippen LogP contribution in [0.25, 0.3) is 0 Å². The van der Waals surface area contributed by atoms with E-state index >= 15 is 0 Å². The van der Waals surface area contributed by atoms with Gasteiger partial charge in [-0.15, -0.1) is 12.3 Å². The summed E-state index contributed by atoms with van der Waals surface area (Å²) in [6.07, 6.45) is 17.0. The van der Waals surface area contributed by atoms with Crippen LogP contribution in [-0.4, -0.2) is 12.6 Å². The Bertz CT molecular complexity index is 163. The van der Waals surface area contributed by atoms with E-state index in [0.717, 1.165) is 12.5 Å². The van der Waals surface area contributed by atoms with Crippen LogP contribution in [0, 0.1) is 12.3 Å². The van der Waals surface area contributed by atoms with Crippen molar-refractivity contribution in [3.05, 3.63) is 0 Å². The molecule has 0 heterocycles. The Morgan fingerprint density at radius 3 is 2.57 bits per heavy atom. The van der Waals surface area contributed by atoms with Gasteiger partial charge in [-0.25, -0.2) is 0 Å². The van der Waals surface area contributed by atoms with E-state index in [1.807, 2.05) is 0 Å². The summed E-state index contributed by atoms with van der Waals surface area (Å²) in [7, 11) is 0. The van der Waals surface area contributed by atoms with Crippen LogP contribution in [0.4, 0.5) is 0 Å². The topological polar surface area (TPSA) is 12.0 Å². The summed E-state index contributed by atoms with van der Waals surface area (Å²) in [6.45, 7) is 1.19. The van der Waals surface area contributed by atoms with Gasteiger partial charge in [-0.1, -0.05) is 25.7 Å². The van der Waals surface area contributed by atoms with E-state index in [-0.39, 0.29) is 0 Å². The Morgan fingerprint density at radius 1 is 1.07 bits per heavy atom. The highest BCUT2D eigenvalue weighted by Gasteiger charge is 2.11. The fourth-order valence-electron chi connectivity index (χ4n) is 2.14. The number of hydrogen-bond donors (Lipinski definition) is 1. The lowest BCUT2D eigenvalue weighted by Gasteiger charge is -2.22. The first kappa shape index (κ1) is 11.6. The Morgan fingerprint density at radius 2 is 1.86 bits per heavy atom. The number of unbranched alkanes of at least 4 members (excludes halogenated alkanes) is 3. The molecule has 1 fully saturated rings. The molecule has 0 aromatic carbocycles. The summed E-state index contributed by atoms with van der Waals surface area (Å²) in [5, 5.41) is 3.65. The van der Waals surface area contributed by atoms with E-state index in [9.17, 15) is 0 Å². The summed E-state index contributed by atoms with van der Waals surface area (Å²) >= 11 is 0. The van der Waals surface area contributed by atoms with Crippen LogP contribution >= 0.6 is 0 Å². The zero-order valence-electron chi connectivity index (χ0n) is 9.23. The van der Waals surface area contributed by atoms with Gasteiger partial charge in [-0.3, -0.25) is 0 Å². The largest absolute Gasteiger partial charge is 0.314 e. The minimum atomic E-state index is 0.816. The molecule has 0 aromatic rings. The lowest BCUT2D eigenvalue weighted by molar-refractivity contribution is 0.370. The van der Waals surface area contributed by atoms with Gasteiger partial charge in [-0.05, 0) is 32.2 Å². The van der Waals surface area contributed by atoms with E-state index in [1.165, 1.54) is 57.9 Å². The second kappa shape index (κ2) is 7.88. The molecule has 0 unspecified atom stereocenters. The van der Waals surface area contributed by atoms with Crippen molar-refractivity contribution in [2.45, 2.75) is 63.8 Å². The van der Waals surface area contributed by atoms with Crippen molar-refractivity contribution in [3.8, 4) is 12.3 Å². The molecule has 0 saturated heterocycles. The molecule has 14 heavy (non-hydrogen) atoms. The van der Waals surface area contributed by atoms with Gasteiger partial charge in [0, 0.05) is 12.5 Å². The van der Waals surface area contributed by atoms with Crippen molar-refractivity contribution in [2.75, 3.05) is 6.54 Å². The molecule has 1 aliphatic rings. The number of hydrogen-bond acceptors (Lipinski definition) is 1. The molecule has 1 heteroatoms. The molecule has 0 aliphatic heterocycles. The molecule has 0 radical (unpaired) electrons. The van der Waals surface area contributed by atoms with Crippen molar-refractivity contribution in [1.82, 2.24) is 5.32 Å². The molecule has 1 nitrogen and oxygen atoms in total. The van der Waals surface area contributed by atoms with Crippen molar-refractivity contribution >= 4 is 0 Å². The molecule has 80 valence electrons. The van der Waals surface area contributed by atoms with Crippen molar-refractivity contribution in [2.24, 2.45) is 0 Å². The summed E-state index contributed by atoms with van der Waals surface area (Å²) in [4.78, 5) is 0. The normalized spacial score (nSPS) is 17.9. The van der Waals surface area contributed by atoms with E-state index in [4.69, 9.17) is 6.42 Å². The molecule has 0 atom stereocenters. The third kappa shape index (κ3) is 5.29. The summed E-state index contributed by atoms with van der Waals surface area (Å²) in [6, 6.07) is 0.816. The smallest absolute Gasteiger partial charge is 0.00860 e. The minimum Gasteiger partial charge on any atom is -0.314 e. The first-order valence-corrected chi connectivity index (χ1v) is 6.10. The van der Waals surface area contributed by atoms with E-state index < -0.39 is 0 Å². The Labute approximate surface area is 88.7 Å². The van der Waals surface area contributed by atoms with E-state index in [0.29, 0.717) is 0 Å². The number of terminal acetylenes is 1. The zero-order chi connectivity index (χ0) is 10.1. The van der Waals surface area contributed by atoms with Crippen LogP contribution in [0.15, 0.2) is 0 Å². The highest BCUT2D eigenvalue weighted by Crippen LogP contribution is 2.17. The molecule has 0 amide bonds. The van der Waals surface area contributed by atoms with Crippen LogP contribution in [0.1, 0.15) is 57.8 Å². The van der Waals surface area contributed by atoms with Gasteiger partial charge in [-0.2, -0.15) is 0 Å². The third-order valence-corrected chi connectivity index (χ3v) is 3.04. The van der Waals surface area contributed by atoms with Crippen LogP contribution < -0.4 is 5.32 Å². The molecule has 0 spiro atoms. The van der Waals surface area contributed by atoms with Gasteiger partial charge in [0.15, 0.2) is 0 Å². The predicted molar refractivity (Wildman–Crippen MR) is 62.2 cm³/mol. The predicted octanol–water partition coefficient (Wildman–Crippen LogP) is 3.10. The Kier molecular flexibility index (Phi) is 6.53. The summed E-state index contributed by atoms with van der Waals surface area (Å²) in [5.41, 5.74) is 0. The highest BCUT2D eigenvalue weighted by molar-refractivity contribution is 4.82. The van der Waals surface area contributed by atoms with Crippen LogP contribution in [0.2, 0.25) is 0 Å². The van der Waals surface area contributed by atoms with E-state index in [2.05, 4.69) is 11.2 Å². The van der Waals surface area contributed by atoms with Crippen molar-refractivity contribution in [3.63, 3.8) is 0 Å². The lowest BCUT2D eigenvalue weighted by atomic mass is 9.95. The Hall–Kier alpha value is -0.480. The van der Waals surface area contributed by atoms with Gasteiger partial charge >= 0.3 is 0 Å². The van der Waals surface area contributed by atoms with Crippen LogP contribution in [0.3, 0.4) is 0 Å². The molecule has 1 N–H and O–H groups in total. The van der Waals surface area contributed by atoms with Crippen LogP contribution in [-0.2, 0) is 0 Å². The maximum Gasteiger partial charge on any atom is 0.00860 e. The molecule has 1 saturated carbocycles. The van der Waals surface area contributed by atoms with Gasteiger partial charge in [0.05, 0.1) is 0 Å². The zero-order valence-corrected chi connectivity index (χ0v) is 9.23. The van der Waals surface area contributed by atoms with Gasteiger partial charge in [0.1, 0.15) is 0 Å². The fourth-order valence-corrected chi connectivity index (χ4v) is 2.14. The molecule has 0 bridgehead atoms. The average Bonchev–Trinajstić information content (AvgIpc) is 2.25. The summed E-state index contributed by atoms with van der Waals surface area (Å²) < 4.78 is 0. The van der Waals surface area contributed by atoms with Crippen molar-refractivity contribution < 1.29 is 0 Å². The third-order valence-electron chi connectivity index (χ3n) is 3.04. The highest BCUT2D eigenvalue weighted by atomic mass is 14.9. The lowest BCUT2D eigenvalue weighted by Crippen LogP contribution is -2.31. The second-order valence-electron chi connectivity index (χ2n) is 4.30. The van der Waals surface area contributed by atoms with Gasteiger partial charge in [0.25, 0.3) is 0 Å². The second-order valence-corrected chi connectivity index (χ2v) is 4.30. The summed E-state index contributed by atoms with van der Waals surface area (Å²) in [5.74, 6) is 2.69. The van der Waals surface area contributed by atoms with Gasteiger partial charge in [0.2, 0.25) is 0 Å². The van der Waals surface area contributed by atoms with Crippen molar-refractivity contribution in [1.29, 1.82) is 0 Å². The molecule has 0 aromatic heterocycles. The van der Waals surface area contributed by atoms with E-state index in [1.54, 1.807) is 0 Å². The fraction of sp³-hybridized carbons (Fsp3) is 0.846. The maximum absolute atomic E-state index is 5.19. The number of rotatable bonds is 6. The quantitative estimate of drug-likeness (QED) is 0.505. The SMILES string of the molecule is C#CCCCCCNC1CCCCC1. The number of nitrogens with one attached hydrogen (secondary N) is 1.